The molecule has 0 bridgehead atoms. The van der Waals surface area contributed by atoms with Crippen molar-refractivity contribution in [2.24, 2.45) is 5.73 Å². The Morgan fingerprint density at radius 3 is 2.90 bits per heavy atom. The van der Waals surface area contributed by atoms with Crippen LogP contribution in [-0.2, 0) is 10.3 Å². The van der Waals surface area contributed by atoms with E-state index in [1.54, 1.807) is 25.1 Å². The van der Waals surface area contributed by atoms with Crippen molar-refractivity contribution in [2.75, 3.05) is 13.2 Å². The van der Waals surface area contributed by atoms with Gasteiger partial charge in [-0.3, -0.25) is 0 Å². The number of nitrogens with two attached hydrogens (primary N) is 1. The molecular weight excluding hydrogens is 346 g/mol. The zero-order valence-electron chi connectivity index (χ0n) is 11.2. The van der Waals surface area contributed by atoms with Gasteiger partial charge in [0, 0.05) is 16.1 Å². The van der Waals surface area contributed by atoms with Gasteiger partial charge in [-0.25, -0.2) is 0 Å². The lowest BCUT2D eigenvalue weighted by Gasteiger charge is -2.19. The monoisotopic (exact) mass is 359 g/mol. The first-order valence-electron chi connectivity index (χ1n) is 6.10. The van der Waals surface area contributed by atoms with Crippen LogP contribution in [0.5, 0.6) is 0 Å². The Morgan fingerprint density at radius 2 is 2.25 bits per heavy atom. The van der Waals surface area contributed by atoms with Crippen LogP contribution in [0, 0.1) is 0 Å². The highest BCUT2D eigenvalue weighted by molar-refractivity contribution is 9.10. The van der Waals surface area contributed by atoms with E-state index in [2.05, 4.69) is 26.1 Å². The van der Waals surface area contributed by atoms with Gasteiger partial charge in [-0.1, -0.05) is 16.8 Å². The van der Waals surface area contributed by atoms with Crippen LogP contribution in [0.4, 0.5) is 0 Å². The van der Waals surface area contributed by atoms with Crippen molar-refractivity contribution in [3.8, 4) is 11.5 Å². The predicted molar refractivity (Wildman–Crippen MR) is 80.5 cm³/mol. The summed E-state index contributed by atoms with van der Waals surface area (Å²) < 4.78 is 11.4. The molecule has 1 aromatic carbocycles. The second kappa shape index (κ2) is 6.22. The molecule has 1 aromatic heterocycles. The van der Waals surface area contributed by atoms with Gasteiger partial charge in [-0.05, 0) is 48.0 Å². The molecule has 2 N–H and O–H groups in total. The lowest BCUT2D eigenvalue weighted by molar-refractivity contribution is 0.0962. The number of ether oxygens (including phenoxy) is 1. The second-order valence-electron chi connectivity index (χ2n) is 4.60. The Hall–Kier alpha value is -0.950. The molecule has 7 heteroatoms. The van der Waals surface area contributed by atoms with Gasteiger partial charge in [0.2, 0.25) is 0 Å². The van der Waals surface area contributed by atoms with Crippen molar-refractivity contribution in [2.45, 2.75) is 19.4 Å². The number of nitrogens with zero attached hydrogens (tertiary/aromatic N) is 2. The number of aromatic nitrogens is 2. The summed E-state index contributed by atoms with van der Waals surface area (Å²) in [6.07, 6.45) is 0. The average molecular weight is 361 g/mol. The summed E-state index contributed by atoms with van der Waals surface area (Å²) in [7, 11) is 0. The first-order valence-corrected chi connectivity index (χ1v) is 7.27. The van der Waals surface area contributed by atoms with Crippen molar-refractivity contribution in [3.63, 3.8) is 0 Å². The van der Waals surface area contributed by atoms with Gasteiger partial charge in [-0.2, -0.15) is 4.98 Å². The van der Waals surface area contributed by atoms with Crippen LogP contribution in [-0.4, -0.2) is 23.4 Å². The van der Waals surface area contributed by atoms with Crippen LogP contribution < -0.4 is 5.73 Å². The average Bonchev–Trinajstić information content (AvgIpc) is 2.86. The standard InChI is InChI=1S/C13H15BrClN3O2/c1-3-19-7-13(2,16)12-17-11(20-18-12)9-5-4-8(15)6-10(9)14/h4-6H,3,7,16H2,1-2H3. The highest BCUT2D eigenvalue weighted by Gasteiger charge is 2.28. The zero-order chi connectivity index (χ0) is 14.8. The molecule has 0 aliphatic heterocycles. The zero-order valence-corrected chi connectivity index (χ0v) is 13.5. The van der Waals surface area contributed by atoms with Crippen molar-refractivity contribution >= 4 is 27.5 Å². The Labute approximate surface area is 130 Å². The van der Waals surface area contributed by atoms with Gasteiger partial charge >= 0.3 is 0 Å². The third kappa shape index (κ3) is 3.38. The smallest absolute Gasteiger partial charge is 0.259 e. The number of hydrogen-bond acceptors (Lipinski definition) is 5. The van der Waals surface area contributed by atoms with E-state index in [1.807, 2.05) is 6.92 Å². The maximum Gasteiger partial charge on any atom is 0.259 e. The van der Waals surface area contributed by atoms with E-state index in [0.717, 1.165) is 10.0 Å². The minimum absolute atomic E-state index is 0.324. The molecule has 0 amide bonds. The van der Waals surface area contributed by atoms with Crippen molar-refractivity contribution < 1.29 is 9.26 Å². The highest BCUT2D eigenvalue weighted by atomic mass is 79.9. The number of rotatable bonds is 5. The highest BCUT2D eigenvalue weighted by Crippen LogP contribution is 2.30. The van der Waals surface area contributed by atoms with Gasteiger partial charge in [-0.15, -0.1) is 0 Å². The molecule has 0 aliphatic rings. The summed E-state index contributed by atoms with van der Waals surface area (Å²) in [5.74, 6) is 0.791. The summed E-state index contributed by atoms with van der Waals surface area (Å²) in [6.45, 7) is 4.61. The van der Waals surface area contributed by atoms with Crippen LogP contribution in [0.1, 0.15) is 19.7 Å². The van der Waals surface area contributed by atoms with Crippen molar-refractivity contribution in [1.29, 1.82) is 0 Å². The quantitative estimate of drug-likeness (QED) is 0.885. The SMILES string of the molecule is CCOCC(C)(N)c1noc(-c2ccc(Cl)cc2Br)n1. The minimum atomic E-state index is -0.795. The topological polar surface area (TPSA) is 74.2 Å². The third-order valence-corrected chi connectivity index (χ3v) is 3.60. The van der Waals surface area contributed by atoms with Crippen LogP contribution in [0.2, 0.25) is 5.02 Å². The minimum Gasteiger partial charge on any atom is -0.379 e. The maximum absolute atomic E-state index is 6.13. The molecule has 2 rings (SSSR count). The molecule has 108 valence electrons. The Kier molecular flexibility index (Phi) is 4.80. The largest absolute Gasteiger partial charge is 0.379 e. The molecule has 5 nitrogen and oxygen atoms in total. The number of benzene rings is 1. The van der Waals surface area contributed by atoms with Gasteiger partial charge in [0.05, 0.1) is 12.2 Å². The molecule has 0 saturated heterocycles. The van der Waals surface area contributed by atoms with Gasteiger partial charge in [0.25, 0.3) is 5.89 Å². The van der Waals surface area contributed by atoms with Crippen LogP contribution in [0.25, 0.3) is 11.5 Å². The fraction of sp³-hybridized carbons (Fsp3) is 0.385. The van der Waals surface area contributed by atoms with E-state index in [0.29, 0.717) is 30.0 Å². The molecule has 1 unspecified atom stereocenters. The molecule has 0 saturated carbocycles. The molecule has 1 atom stereocenters. The van der Waals surface area contributed by atoms with E-state index in [-0.39, 0.29) is 0 Å². The van der Waals surface area contributed by atoms with Gasteiger partial charge in [0.15, 0.2) is 5.82 Å². The summed E-state index contributed by atoms with van der Waals surface area (Å²) in [5.41, 5.74) is 6.10. The maximum atomic E-state index is 6.13. The predicted octanol–water partition coefficient (Wildman–Crippen LogP) is 3.36. The molecular formula is C13H15BrClN3O2. The van der Waals surface area contributed by atoms with E-state index in [1.165, 1.54) is 0 Å². The molecule has 20 heavy (non-hydrogen) atoms. The lowest BCUT2D eigenvalue weighted by atomic mass is 10.1. The Morgan fingerprint density at radius 1 is 1.50 bits per heavy atom. The van der Waals surface area contributed by atoms with Crippen LogP contribution >= 0.6 is 27.5 Å². The third-order valence-electron chi connectivity index (χ3n) is 2.70. The number of halogens is 2. The van der Waals surface area contributed by atoms with Gasteiger partial charge in [0.1, 0.15) is 5.54 Å². The number of hydrogen-bond donors (Lipinski definition) is 1. The van der Waals surface area contributed by atoms with E-state index in [9.17, 15) is 0 Å². The van der Waals surface area contributed by atoms with Crippen molar-refractivity contribution in [1.82, 2.24) is 10.1 Å². The first-order chi connectivity index (χ1) is 9.44. The fourth-order valence-electron chi connectivity index (χ4n) is 1.61. The lowest BCUT2D eigenvalue weighted by Crippen LogP contribution is -2.39. The van der Waals surface area contributed by atoms with Gasteiger partial charge < -0.3 is 15.0 Å². The van der Waals surface area contributed by atoms with Crippen molar-refractivity contribution in [3.05, 3.63) is 33.5 Å². The molecule has 0 radical (unpaired) electrons. The molecule has 1 heterocycles. The van der Waals surface area contributed by atoms with E-state index in [4.69, 9.17) is 26.6 Å². The molecule has 0 fully saturated rings. The fourth-order valence-corrected chi connectivity index (χ4v) is 2.46. The summed E-state index contributed by atoms with van der Waals surface area (Å²) in [4.78, 5) is 4.34. The summed E-state index contributed by atoms with van der Waals surface area (Å²) in [6, 6.07) is 5.33. The molecule has 0 spiro atoms. The summed E-state index contributed by atoms with van der Waals surface area (Å²) in [5, 5.41) is 4.56. The Balaban J connectivity index is 2.28. The molecule has 2 aromatic rings. The van der Waals surface area contributed by atoms with E-state index >= 15 is 0 Å². The van der Waals surface area contributed by atoms with Crippen LogP contribution in [0.15, 0.2) is 27.2 Å². The molecule has 0 aliphatic carbocycles. The Bertz CT molecular complexity index is 601. The van der Waals surface area contributed by atoms with Crippen LogP contribution in [0.3, 0.4) is 0 Å². The second-order valence-corrected chi connectivity index (χ2v) is 5.89. The summed E-state index contributed by atoms with van der Waals surface area (Å²) >= 11 is 9.32. The van der Waals surface area contributed by atoms with E-state index < -0.39 is 5.54 Å². The normalized spacial score (nSPS) is 14.2. The first kappa shape index (κ1) is 15.4.